The van der Waals surface area contributed by atoms with Gasteiger partial charge in [-0.2, -0.15) is 0 Å². The molecule has 0 bridgehead atoms. The number of carbonyl (C=O) groups is 4. The van der Waals surface area contributed by atoms with Crippen molar-refractivity contribution in [2.45, 2.75) is 68.2 Å². The number of nitrogens with one attached hydrogen (secondary N) is 3. The van der Waals surface area contributed by atoms with Crippen LogP contribution >= 0.6 is 0 Å². The number of carboxylic acids is 2. The standard InChI is InChI=1S/C37H42N4O6/c1-11-22-20(5)32(42)40-28(22)13-26-18(3)24(16-36(7,8)34(44)45)30(38-26)15-31-25(17-37(9,10)35(46)47)19(4)27(39-31)14-29-23(12-2)21(6)33(43)41-29/h11-15,38-39H,1-2,16-17H2,3-10H3,(H,40,42)(H,44,45)(H,46,47). The molecule has 2 aromatic heterocycles. The first-order chi connectivity index (χ1) is 21.8. The van der Waals surface area contributed by atoms with Crippen molar-refractivity contribution in [1.82, 2.24) is 15.3 Å². The quantitative estimate of drug-likeness (QED) is 0.246. The number of hydrogen-bond acceptors (Lipinski definition) is 4. The molecule has 10 heteroatoms. The molecule has 0 spiro atoms. The van der Waals surface area contributed by atoms with E-state index in [1.165, 1.54) is 0 Å². The highest BCUT2D eigenvalue weighted by Gasteiger charge is 2.32. The number of carbonyl (C=O) groups excluding carboxylic acids is 2. The third-order valence-electron chi connectivity index (χ3n) is 9.07. The van der Waals surface area contributed by atoms with Gasteiger partial charge in [-0.1, -0.05) is 25.3 Å². The molecule has 10 nitrogen and oxygen atoms in total. The summed E-state index contributed by atoms with van der Waals surface area (Å²) in [6, 6.07) is 0. The van der Waals surface area contributed by atoms with Gasteiger partial charge in [0.15, 0.2) is 0 Å². The molecule has 5 N–H and O–H groups in total. The molecular formula is C37H42N4O6. The molecule has 2 aliphatic heterocycles. The highest BCUT2D eigenvalue weighted by molar-refractivity contribution is 6.32. The molecule has 4 heterocycles. The van der Waals surface area contributed by atoms with Crippen LogP contribution in [0.4, 0.5) is 0 Å². The van der Waals surface area contributed by atoms with Crippen molar-refractivity contribution in [3.05, 3.63) is 97.6 Å². The van der Waals surface area contributed by atoms with Crippen LogP contribution in [0.3, 0.4) is 0 Å². The van der Waals surface area contributed by atoms with E-state index in [2.05, 4.69) is 33.4 Å². The van der Waals surface area contributed by atoms with Gasteiger partial charge >= 0.3 is 11.9 Å². The van der Waals surface area contributed by atoms with Crippen LogP contribution in [-0.4, -0.2) is 49.6 Å². The fraction of sp³-hybridized carbons (Fsp3) is 0.324. The Hall–Kier alpha value is -5.25. The van der Waals surface area contributed by atoms with Crippen LogP contribution in [0.2, 0.25) is 0 Å². The van der Waals surface area contributed by atoms with Gasteiger partial charge in [0.05, 0.1) is 22.2 Å². The highest BCUT2D eigenvalue weighted by atomic mass is 16.4. The third kappa shape index (κ3) is 6.54. The smallest absolute Gasteiger partial charge is 0.309 e. The summed E-state index contributed by atoms with van der Waals surface area (Å²) in [6.07, 6.45) is 9.01. The zero-order valence-corrected chi connectivity index (χ0v) is 28.2. The number of H-pyrrole nitrogens is 2. The Morgan fingerprint density at radius 1 is 0.745 bits per heavy atom. The van der Waals surface area contributed by atoms with Crippen molar-refractivity contribution in [3.8, 4) is 0 Å². The fourth-order valence-corrected chi connectivity index (χ4v) is 5.72. The molecule has 0 saturated heterocycles. The van der Waals surface area contributed by atoms with E-state index in [0.717, 1.165) is 22.3 Å². The maximum atomic E-state index is 12.4. The maximum Gasteiger partial charge on any atom is 0.309 e. The van der Waals surface area contributed by atoms with E-state index >= 15 is 0 Å². The van der Waals surface area contributed by atoms with Crippen molar-refractivity contribution in [2.24, 2.45) is 15.8 Å². The Labute approximate surface area is 273 Å². The van der Waals surface area contributed by atoms with Crippen molar-refractivity contribution in [3.63, 3.8) is 0 Å². The molecule has 0 aliphatic carbocycles. The van der Waals surface area contributed by atoms with E-state index in [1.54, 1.807) is 59.8 Å². The molecule has 0 saturated carbocycles. The lowest BCUT2D eigenvalue weighted by Crippen LogP contribution is -2.29. The van der Waals surface area contributed by atoms with Gasteiger partial charge in [0.25, 0.3) is 11.8 Å². The molecule has 4 rings (SSSR count). The Morgan fingerprint density at radius 3 is 1.87 bits per heavy atom. The molecule has 0 fully saturated rings. The van der Waals surface area contributed by atoms with Crippen molar-refractivity contribution in [2.75, 3.05) is 0 Å². The summed E-state index contributed by atoms with van der Waals surface area (Å²) in [5.74, 6) is -2.47. The van der Waals surface area contributed by atoms with Crippen molar-refractivity contribution >= 4 is 47.7 Å². The average Bonchev–Trinajstić information content (AvgIpc) is 3.62. The number of aliphatic imine (C=N–C) groups is 1. The summed E-state index contributed by atoms with van der Waals surface area (Å²) in [7, 11) is 0. The van der Waals surface area contributed by atoms with Gasteiger partial charge in [0, 0.05) is 44.4 Å². The second kappa shape index (κ2) is 12.5. The van der Waals surface area contributed by atoms with Gasteiger partial charge in [0.1, 0.15) is 0 Å². The molecule has 2 amide bonds. The molecule has 246 valence electrons. The highest BCUT2D eigenvalue weighted by Crippen LogP contribution is 2.32. The number of carboxylic acid groups (broad SMARTS) is 2. The van der Waals surface area contributed by atoms with E-state index in [1.807, 2.05) is 26.0 Å². The minimum Gasteiger partial charge on any atom is -0.481 e. The van der Waals surface area contributed by atoms with E-state index in [-0.39, 0.29) is 24.7 Å². The van der Waals surface area contributed by atoms with E-state index in [9.17, 15) is 29.4 Å². The Kier molecular flexibility index (Phi) is 9.21. The number of nitrogens with zero attached hydrogens (tertiary/aromatic N) is 1. The van der Waals surface area contributed by atoms with Crippen LogP contribution in [0.25, 0.3) is 18.2 Å². The summed E-state index contributed by atoms with van der Waals surface area (Å²) < 4.78 is 0. The number of aromatic nitrogens is 2. The monoisotopic (exact) mass is 638 g/mol. The van der Waals surface area contributed by atoms with Gasteiger partial charge in [-0.25, -0.2) is 4.99 Å². The van der Waals surface area contributed by atoms with Gasteiger partial charge in [0.2, 0.25) is 0 Å². The summed E-state index contributed by atoms with van der Waals surface area (Å²) in [6.45, 7) is 21.5. The molecule has 0 atom stereocenters. The fourth-order valence-electron chi connectivity index (χ4n) is 5.72. The first-order valence-electron chi connectivity index (χ1n) is 15.3. The molecule has 0 radical (unpaired) electrons. The second-order valence-corrected chi connectivity index (χ2v) is 13.4. The van der Waals surface area contributed by atoms with E-state index in [0.29, 0.717) is 55.8 Å². The third-order valence-corrected chi connectivity index (χ3v) is 9.07. The van der Waals surface area contributed by atoms with Crippen LogP contribution in [0, 0.1) is 24.7 Å². The zero-order valence-electron chi connectivity index (χ0n) is 28.2. The summed E-state index contributed by atoms with van der Waals surface area (Å²) in [4.78, 5) is 60.3. The number of allylic oxidation sites excluding steroid dienone is 3. The number of aliphatic carboxylic acids is 2. The lowest BCUT2D eigenvalue weighted by atomic mass is 9.84. The van der Waals surface area contributed by atoms with E-state index < -0.39 is 22.8 Å². The number of hydrogen-bond donors (Lipinski definition) is 5. The van der Waals surface area contributed by atoms with Crippen LogP contribution in [0.1, 0.15) is 75.2 Å². The van der Waals surface area contributed by atoms with Crippen molar-refractivity contribution in [1.29, 1.82) is 0 Å². The molecule has 47 heavy (non-hydrogen) atoms. The molecule has 2 aliphatic rings. The minimum atomic E-state index is -1.11. The first-order valence-corrected chi connectivity index (χ1v) is 15.3. The van der Waals surface area contributed by atoms with Crippen LogP contribution in [-0.2, 0) is 32.0 Å². The van der Waals surface area contributed by atoms with Crippen LogP contribution in [0.5, 0.6) is 0 Å². The van der Waals surface area contributed by atoms with Crippen molar-refractivity contribution < 1.29 is 29.4 Å². The van der Waals surface area contributed by atoms with Gasteiger partial charge < -0.3 is 25.5 Å². The Morgan fingerprint density at radius 2 is 1.32 bits per heavy atom. The molecular weight excluding hydrogens is 596 g/mol. The van der Waals surface area contributed by atoms with Crippen LogP contribution < -0.4 is 16.0 Å². The summed E-state index contributed by atoms with van der Waals surface area (Å²) in [5, 5.41) is 24.2. The largest absolute Gasteiger partial charge is 0.481 e. The predicted molar refractivity (Wildman–Crippen MR) is 183 cm³/mol. The number of amides is 2. The SMILES string of the molecule is C=CC1=C(C)C(=O)NC1=Cc1[nH]c(C=c2[nH]c(=CC3=NC(=O)C(C)=C3C=C)c(C)c2CC(C)(C)C(=O)O)c(CC(C)(C)C(=O)O)c1C. The second-order valence-electron chi connectivity index (χ2n) is 13.4. The van der Waals surface area contributed by atoms with Gasteiger partial charge in [-0.15, -0.1) is 0 Å². The van der Waals surface area contributed by atoms with E-state index in [4.69, 9.17) is 0 Å². The molecule has 2 aromatic rings. The van der Waals surface area contributed by atoms with Gasteiger partial charge in [-0.3, -0.25) is 19.2 Å². The summed E-state index contributed by atoms with van der Waals surface area (Å²) in [5.41, 5.74) is 5.56. The minimum absolute atomic E-state index is 0.185. The average molecular weight is 639 g/mol. The van der Waals surface area contributed by atoms with Gasteiger partial charge in [-0.05, 0) is 109 Å². The van der Waals surface area contributed by atoms with Crippen LogP contribution in [0.15, 0.2) is 58.3 Å². The summed E-state index contributed by atoms with van der Waals surface area (Å²) >= 11 is 0. The Balaban J connectivity index is 2.03. The normalized spacial score (nSPS) is 17.3. The zero-order chi connectivity index (χ0) is 35.2. The molecule has 0 aromatic carbocycles. The molecule has 0 unspecified atom stereocenters. The number of aromatic amines is 2. The lowest BCUT2D eigenvalue weighted by molar-refractivity contribution is -0.147. The Bertz CT molecular complexity index is 2020. The topological polar surface area (TPSA) is 165 Å². The lowest BCUT2D eigenvalue weighted by Gasteiger charge is -2.20. The first kappa shape index (κ1) is 34.6. The predicted octanol–water partition coefficient (Wildman–Crippen LogP) is 4.33. The number of rotatable bonds is 11. The maximum absolute atomic E-state index is 12.4.